The summed E-state index contributed by atoms with van der Waals surface area (Å²) in [5.41, 5.74) is 0.376. The molecule has 1 heterocycles. The maximum atomic E-state index is 12.1. The molecule has 0 N–H and O–H groups in total. The van der Waals surface area contributed by atoms with Crippen LogP contribution in [-0.4, -0.2) is 37.8 Å². The van der Waals surface area contributed by atoms with Crippen LogP contribution in [0.1, 0.15) is 12.5 Å². The van der Waals surface area contributed by atoms with Gasteiger partial charge in [-0.15, -0.1) is 17.6 Å². The first-order valence-electron chi connectivity index (χ1n) is 6.76. The van der Waals surface area contributed by atoms with E-state index in [0.29, 0.717) is 5.56 Å². The van der Waals surface area contributed by atoms with Gasteiger partial charge in [0.15, 0.2) is 0 Å². The zero-order chi connectivity index (χ0) is 18.8. The number of nitrogens with zero attached hydrogens (tertiary/aromatic N) is 2. The maximum Gasteiger partial charge on any atom is 0.573 e. The van der Waals surface area contributed by atoms with Crippen molar-refractivity contribution in [2.75, 3.05) is 7.05 Å². The highest BCUT2D eigenvalue weighted by molar-refractivity contribution is 7.88. The summed E-state index contributed by atoms with van der Waals surface area (Å²) in [5, 5.41) is 0. The van der Waals surface area contributed by atoms with Crippen molar-refractivity contribution >= 4 is 21.9 Å². The zero-order valence-electron chi connectivity index (χ0n) is 13.1. The van der Waals surface area contributed by atoms with Gasteiger partial charge in [-0.3, -0.25) is 4.31 Å². The third kappa shape index (κ3) is 4.95. The van der Waals surface area contributed by atoms with Crippen molar-refractivity contribution in [1.29, 1.82) is 0 Å². The lowest BCUT2D eigenvalue weighted by Gasteiger charge is -2.19. The zero-order valence-corrected chi connectivity index (χ0v) is 13.9. The minimum atomic E-state index is -4.79. The average molecular weight is 378 g/mol. The van der Waals surface area contributed by atoms with Crippen LogP contribution < -0.4 is 4.74 Å². The molecule has 25 heavy (non-hydrogen) atoms. The van der Waals surface area contributed by atoms with Gasteiger partial charge in [0.05, 0.1) is 11.3 Å². The van der Waals surface area contributed by atoms with Crippen molar-refractivity contribution in [3.05, 3.63) is 41.6 Å². The molecule has 0 aromatic heterocycles. The van der Waals surface area contributed by atoms with Gasteiger partial charge in [0.2, 0.25) is 0 Å². The smallest absolute Gasteiger partial charge is 0.457 e. The second-order valence-corrected chi connectivity index (χ2v) is 6.64. The topological polar surface area (TPSA) is 85.3 Å². The Labute approximate surface area is 141 Å². The number of rotatable bonds is 4. The number of carbonyl (C=O) groups is 1. The van der Waals surface area contributed by atoms with Crippen LogP contribution in [0, 0.1) is 0 Å². The average Bonchev–Trinajstić information content (AvgIpc) is 2.48. The summed E-state index contributed by atoms with van der Waals surface area (Å²) in [4.78, 5) is 12.0. The second kappa shape index (κ2) is 6.75. The number of benzene rings is 1. The number of esters is 1. The van der Waals surface area contributed by atoms with E-state index in [1.54, 1.807) is 0 Å². The molecular formula is C14H13F3N2O5S. The highest BCUT2D eigenvalue weighted by Gasteiger charge is 2.31. The SMILES string of the molecule is CC1=NS(=O)(=O)N(C)C=C1C(=O)OCc1ccc(OC(F)(F)F)cc1. The first-order valence-corrected chi connectivity index (χ1v) is 8.16. The summed E-state index contributed by atoms with van der Waals surface area (Å²) in [7, 11) is -2.61. The summed E-state index contributed by atoms with van der Waals surface area (Å²) < 4.78 is 72.2. The molecule has 11 heteroatoms. The summed E-state index contributed by atoms with van der Waals surface area (Å²) in [5.74, 6) is -1.20. The number of hydrogen-bond acceptors (Lipinski definition) is 5. The molecule has 0 radical (unpaired) electrons. The molecule has 1 aliphatic rings. The Hall–Kier alpha value is -2.56. The molecule has 0 saturated heterocycles. The number of alkyl halides is 3. The van der Waals surface area contributed by atoms with Gasteiger partial charge in [0.1, 0.15) is 12.4 Å². The second-order valence-electron chi connectivity index (χ2n) is 4.98. The van der Waals surface area contributed by atoms with E-state index in [9.17, 15) is 26.4 Å². The fourth-order valence-corrected chi connectivity index (χ4v) is 2.65. The molecule has 0 spiro atoms. The highest BCUT2D eigenvalue weighted by atomic mass is 32.2. The van der Waals surface area contributed by atoms with Crippen LogP contribution in [0.2, 0.25) is 0 Å². The van der Waals surface area contributed by atoms with Crippen LogP contribution in [0.3, 0.4) is 0 Å². The maximum absolute atomic E-state index is 12.1. The van der Waals surface area contributed by atoms with Crippen molar-refractivity contribution in [3.63, 3.8) is 0 Å². The van der Waals surface area contributed by atoms with Crippen molar-refractivity contribution < 1.29 is 35.9 Å². The Bertz CT molecular complexity index is 829. The quantitative estimate of drug-likeness (QED) is 0.750. The van der Waals surface area contributed by atoms with Gasteiger partial charge in [0, 0.05) is 13.2 Å². The molecule has 0 bridgehead atoms. The number of ether oxygens (including phenoxy) is 2. The predicted octanol–water partition coefficient (Wildman–Crippen LogP) is 2.16. The molecule has 0 fully saturated rings. The predicted molar refractivity (Wildman–Crippen MR) is 80.8 cm³/mol. The molecule has 1 aromatic carbocycles. The largest absolute Gasteiger partial charge is 0.573 e. The van der Waals surface area contributed by atoms with Crippen molar-refractivity contribution in [2.24, 2.45) is 4.40 Å². The highest BCUT2D eigenvalue weighted by Crippen LogP contribution is 2.23. The Kier molecular flexibility index (Phi) is 5.07. The Morgan fingerprint density at radius 1 is 1.24 bits per heavy atom. The van der Waals surface area contributed by atoms with Crippen LogP contribution >= 0.6 is 0 Å². The molecular weight excluding hydrogens is 365 g/mol. The van der Waals surface area contributed by atoms with Crippen LogP contribution in [-0.2, 0) is 26.3 Å². The van der Waals surface area contributed by atoms with Gasteiger partial charge in [-0.25, -0.2) is 4.79 Å². The van der Waals surface area contributed by atoms with Crippen LogP contribution in [0.15, 0.2) is 40.4 Å². The minimum Gasteiger partial charge on any atom is -0.457 e. The first kappa shape index (κ1) is 18.8. The van der Waals surface area contributed by atoms with E-state index in [1.165, 1.54) is 26.1 Å². The van der Waals surface area contributed by atoms with Crippen molar-refractivity contribution in [1.82, 2.24) is 4.31 Å². The standard InChI is InChI=1S/C14H13F3N2O5S/c1-9-12(7-19(2)25(21,22)18-9)13(20)23-8-10-3-5-11(6-4-10)24-14(15,16)17/h3-7H,8H2,1-2H3. The molecule has 1 aromatic rings. The lowest BCUT2D eigenvalue weighted by Crippen LogP contribution is -2.29. The van der Waals surface area contributed by atoms with E-state index in [2.05, 4.69) is 9.13 Å². The fourth-order valence-electron chi connectivity index (χ4n) is 1.84. The molecule has 0 atom stereocenters. The van der Waals surface area contributed by atoms with E-state index in [1.807, 2.05) is 0 Å². The van der Waals surface area contributed by atoms with E-state index in [4.69, 9.17) is 4.74 Å². The van der Waals surface area contributed by atoms with E-state index >= 15 is 0 Å². The Balaban J connectivity index is 2.00. The molecule has 2 rings (SSSR count). The summed E-state index contributed by atoms with van der Waals surface area (Å²) in [6.45, 7) is 1.13. The number of hydrogen-bond donors (Lipinski definition) is 0. The number of carbonyl (C=O) groups excluding carboxylic acids is 1. The summed E-state index contributed by atoms with van der Waals surface area (Å²) in [6, 6.07) is 4.79. The molecule has 0 aliphatic carbocycles. The van der Waals surface area contributed by atoms with Crippen LogP contribution in [0.25, 0.3) is 0 Å². The van der Waals surface area contributed by atoms with Gasteiger partial charge < -0.3 is 9.47 Å². The van der Waals surface area contributed by atoms with Crippen molar-refractivity contribution in [3.8, 4) is 5.75 Å². The Morgan fingerprint density at radius 3 is 2.40 bits per heavy atom. The summed E-state index contributed by atoms with van der Waals surface area (Å²) in [6.07, 6.45) is -3.70. The van der Waals surface area contributed by atoms with Gasteiger partial charge in [-0.05, 0) is 24.6 Å². The first-order chi connectivity index (χ1) is 11.5. The molecule has 1 aliphatic heterocycles. The third-order valence-corrected chi connectivity index (χ3v) is 4.40. The van der Waals surface area contributed by atoms with Crippen molar-refractivity contribution in [2.45, 2.75) is 19.9 Å². The molecule has 0 unspecified atom stereocenters. The van der Waals surface area contributed by atoms with Gasteiger partial charge in [0.25, 0.3) is 0 Å². The molecule has 0 saturated carbocycles. The van der Waals surface area contributed by atoms with E-state index in [0.717, 1.165) is 22.6 Å². The van der Waals surface area contributed by atoms with E-state index in [-0.39, 0.29) is 17.9 Å². The molecule has 7 nitrogen and oxygen atoms in total. The van der Waals surface area contributed by atoms with E-state index < -0.39 is 28.3 Å². The monoisotopic (exact) mass is 378 g/mol. The van der Waals surface area contributed by atoms with Gasteiger partial charge >= 0.3 is 22.5 Å². The molecule has 136 valence electrons. The van der Waals surface area contributed by atoms with Crippen LogP contribution in [0.5, 0.6) is 5.75 Å². The summed E-state index contributed by atoms with van der Waals surface area (Å²) >= 11 is 0. The van der Waals surface area contributed by atoms with Gasteiger partial charge in [-0.1, -0.05) is 12.1 Å². The third-order valence-electron chi connectivity index (χ3n) is 3.06. The molecule has 0 amide bonds. The Morgan fingerprint density at radius 2 is 1.84 bits per heavy atom. The number of halogens is 3. The van der Waals surface area contributed by atoms with Crippen LogP contribution in [0.4, 0.5) is 13.2 Å². The lowest BCUT2D eigenvalue weighted by atomic mass is 10.2. The fraction of sp³-hybridized carbons (Fsp3) is 0.286. The lowest BCUT2D eigenvalue weighted by molar-refractivity contribution is -0.274. The van der Waals surface area contributed by atoms with Gasteiger partial charge in [-0.2, -0.15) is 8.42 Å². The normalized spacial score (nSPS) is 16.8. The minimum absolute atomic E-state index is 0.0166.